The van der Waals surface area contributed by atoms with Crippen LogP contribution < -0.4 is 0 Å². The molecule has 12 heavy (non-hydrogen) atoms. The fraction of sp³-hybridized carbons (Fsp3) is 0.800. The summed E-state index contributed by atoms with van der Waals surface area (Å²) < 4.78 is 5.40. The van der Waals surface area contributed by atoms with E-state index in [0.717, 1.165) is 19.1 Å². The van der Waals surface area contributed by atoms with Crippen LogP contribution in [-0.2, 0) is 4.74 Å². The Hall–Kier alpha value is -0.0100. The summed E-state index contributed by atoms with van der Waals surface area (Å²) in [5, 5.41) is 0. The van der Waals surface area contributed by atoms with Gasteiger partial charge in [0.1, 0.15) is 0 Å². The Balaban J connectivity index is 1.79. The number of alkyl halides is 1. The standard InChI is InChI=1S/C10H17ClO/c11-7-1-2-8-12-9-6-10-4-3-5-10/h1-2,10H,3-9H2/b2-1+. The lowest BCUT2D eigenvalue weighted by atomic mass is 9.83. The van der Waals surface area contributed by atoms with Crippen LogP contribution in [0.25, 0.3) is 0 Å². The molecule has 0 aromatic rings. The number of halogens is 1. The Morgan fingerprint density at radius 1 is 1.33 bits per heavy atom. The SMILES string of the molecule is ClC/C=C/COCCC1CCC1. The van der Waals surface area contributed by atoms with E-state index in [-0.39, 0.29) is 0 Å². The molecule has 0 bridgehead atoms. The normalized spacial score (nSPS) is 18.4. The molecule has 0 heterocycles. The van der Waals surface area contributed by atoms with Crippen molar-refractivity contribution in [3.8, 4) is 0 Å². The molecule has 0 aromatic carbocycles. The van der Waals surface area contributed by atoms with Crippen LogP contribution in [0.2, 0.25) is 0 Å². The van der Waals surface area contributed by atoms with E-state index < -0.39 is 0 Å². The van der Waals surface area contributed by atoms with Crippen molar-refractivity contribution in [2.45, 2.75) is 25.7 Å². The Morgan fingerprint density at radius 2 is 2.17 bits per heavy atom. The molecule has 1 aliphatic rings. The lowest BCUT2D eigenvalue weighted by molar-refractivity contribution is 0.128. The summed E-state index contributed by atoms with van der Waals surface area (Å²) in [5.41, 5.74) is 0. The predicted molar refractivity (Wildman–Crippen MR) is 52.6 cm³/mol. The molecule has 70 valence electrons. The van der Waals surface area contributed by atoms with Crippen molar-refractivity contribution >= 4 is 11.6 Å². The van der Waals surface area contributed by atoms with Crippen molar-refractivity contribution < 1.29 is 4.74 Å². The molecule has 1 fully saturated rings. The van der Waals surface area contributed by atoms with Crippen LogP contribution in [0.3, 0.4) is 0 Å². The molecule has 2 heteroatoms. The van der Waals surface area contributed by atoms with E-state index in [9.17, 15) is 0 Å². The Kier molecular flexibility index (Phi) is 5.46. The quantitative estimate of drug-likeness (QED) is 0.354. The van der Waals surface area contributed by atoms with E-state index >= 15 is 0 Å². The zero-order valence-corrected chi connectivity index (χ0v) is 8.22. The lowest BCUT2D eigenvalue weighted by Crippen LogP contribution is -2.13. The van der Waals surface area contributed by atoms with E-state index in [0.29, 0.717) is 5.88 Å². The van der Waals surface area contributed by atoms with Gasteiger partial charge in [-0.2, -0.15) is 0 Å². The van der Waals surface area contributed by atoms with Crippen LogP contribution in [0.4, 0.5) is 0 Å². The number of allylic oxidation sites excluding steroid dienone is 1. The van der Waals surface area contributed by atoms with Crippen LogP contribution in [-0.4, -0.2) is 19.1 Å². The second-order valence-electron chi connectivity index (χ2n) is 3.29. The van der Waals surface area contributed by atoms with Crippen molar-refractivity contribution in [1.82, 2.24) is 0 Å². The van der Waals surface area contributed by atoms with Crippen molar-refractivity contribution in [2.24, 2.45) is 5.92 Å². The zero-order valence-electron chi connectivity index (χ0n) is 7.47. The van der Waals surface area contributed by atoms with E-state index in [1.807, 2.05) is 12.2 Å². The van der Waals surface area contributed by atoms with Gasteiger partial charge in [-0.05, 0) is 12.3 Å². The van der Waals surface area contributed by atoms with Gasteiger partial charge in [-0.25, -0.2) is 0 Å². The molecule has 0 unspecified atom stereocenters. The van der Waals surface area contributed by atoms with E-state index in [1.165, 1.54) is 25.7 Å². The maximum atomic E-state index is 5.45. The molecule has 0 radical (unpaired) electrons. The third-order valence-electron chi connectivity index (χ3n) is 2.37. The summed E-state index contributed by atoms with van der Waals surface area (Å²) in [6.07, 6.45) is 9.41. The Bertz CT molecular complexity index is 130. The third-order valence-corrected chi connectivity index (χ3v) is 2.54. The number of hydrogen-bond donors (Lipinski definition) is 0. The Labute approximate surface area is 79.7 Å². The highest BCUT2D eigenvalue weighted by molar-refractivity contribution is 6.18. The molecule has 1 aliphatic carbocycles. The highest BCUT2D eigenvalue weighted by Crippen LogP contribution is 2.28. The number of hydrogen-bond acceptors (Lipinski definition) is 1. The molecule has 0 atom stereocenters. The van der Waals surface area contributed by atoms with Gasteiger partial charge < -0.3 is 4.74 Å². The van der Waals surface area contributed by atoms with Gasteiger partial charge in [0.05, 0.1) is 6.61 Å². The zero-order chi connectivity index (χ0) is 8.65. The lowest BCUT2D eigenvalue weighted by Gasteiger charge is -2.24. The van der Waals surface area contributed by atoms with Gasteiger partial charge in [0, 0.05) is 12.5 Å². The van der Waals surface area contributed by atoms with Crippen LogP contribution in [0.5, 0.6) is 0 Å². The first-order valence-corrected chi connectivity index (χ1v) is 5.25. The van der Waals surface area contributed by atoms with Crippen LogP contribution >= 0.6 is 11.6 Å². The summed E-state index contributed by atoms with van der Waals surface area (Å²) in [7, 11) is 0. The largest absolute Gasteiger partial charge is 0.377 e. The summed E-state index contributed by atoms with van der Waals surface area (Å²) in [6.45, 7) is 1.64. The maximum absolute atomic E-state index is 5.45. The highest BCUT2D eigenvalue weighted by atomic mass is 35.5. The molecular formula is C10H17ClO. The minimum absolute atomic E-state index is 0.589. The fourth-order valence-corrected chi connectivity index (χ4v) is 1.44. The summed E-state index contributed by atoms with van der Waals surface area (Å²) in [4.78, 5) is 0. The monoisotopic (exact) mass is 188 g/mol. The number of rotatable bonds is 6. The van der Waals surface area contributed by atoms with E-state index in [1.54, 1.807) is 0 Å². The van der Waals surface area contributed by atoms with Crippen LogP contribution in [0, 0.1) is 5.92 Å². The highest BCUT2D eigenvalue weighted by Gasteiger charge is 2.16. The van der Waals surface area contributed by atoms with Gasteiger partial charge in [0.15, 0.2) is 0 Å². The molecular weight excluding hydrogens is 172 g/mol. The summed E-state index contributed by atoms with van der Waals surface area (Å²) >= 11 is 5.45. The summed E-state index contributed by atoms with van der Waals surface area (Å²) in [5.74, 6) is 1.55. The molecule has 1 rings (SSSR count). The van der Waals surface area contributed by atoms with Gasteiger partial charge in [0.25, 0.3) is 0 Å². The molecule has 0 spiro atoms. The summed E-state index contributed by atoms with van der Waals surface area (Å²) in [6, 6.07) is 0. The van der Waals surface area contributed by atoms with E-state index in [2.05, 4.69) is 0 Å². The second-order valence-corrected chi connectivity index (χ2v) is 3.59. The molecule has 0 aliphatic heterocycles. The minimum Gasteiger partial charge on any atom is -0.377 e. The van der Waals surface area contributed by atoms with Gasteiger partial charge in [-0.15, -0.1) is 11.6 Å². The molecule has 1 saturated carbocycles. The van der Waals surface area contributed by atoms with Crippen LogP contribution in [0.1, 0.15) is 25.7 Å². The van der Waals surface area contributed by atoms with Crippen molar-refractivity contribution in [2.75, 3.05) is 19.1 Å². The molecule has 1 nitrogen and oxygen atoms in total. The Morgan fingerprint density at radius 3 is 2.75 bits per heavy atom. The molecule has 0 amide bonds. The predicted octanol–water partition coefficient (Wildman–Crippen LogP) is 2.99. The fourth-order valence-electron chi connectivity index (χ4n) is 1.31. The van der Waals surface area contributed by atoms with E-state index in [4.69, 9.17) is 16.3 Å². The van der Waals surface area contributed by atoms with Crippen LogP contribution in [0.15, 0.2) is 12.2 Å². The van der Waals surface area contributed by atoms with Gasteiger partial charge in [-0.1, -0.05) is 31.4 Å². The first kappa shape index (κ1) is 10.1. The van der Waals surface area contributed by atoms with Gasteiger partial charge in [-0.3, -0.25) is 0 Å². The number of ether oxygens (including phenoxy) is 1. The van der Waals surface area contributed by atoms with Crippen molar-refractivity contribution in [3.05, 3.63) is 12.2 Å². The topological polar surface area (TPSA) is 9.23 Å². The van der Waals surface area contributed by atoms with Gasteiger partial charge >= 0.3 is 0 Å². The van der Waals surface area contributed by atoms with Crippen molar-refractivity contribution in [3.63, 3.8) is 0 Å². The maximum Gasteiger partial charge on any atom is 0.0647 e. The van der Waals surface area contributed by atoms with Gasteiger partial charge in [0.2, 0.25) is 0 Å². The molecule has 0 saturated heterocycles. The average Bonchev–Trinajstić information content (AvgIpc) is 2.00. The van der Waals surface area contributed by atoms with Crippen molar-refractivity contribution in [1.29, 1.82) is 0 Å². The second kappa shape index (κ2) is 6.50. The molecule has 0 N–H and O–H groups in total. The first-order valence-electron chi connectivity index (χ1n) is 4.72. The third kappa shape index (κ3) is 4.13. The minimum atomic E-state index is 0.589. The first-order chi connectivity index (χ1) is 5.93. The average molecular weight is 189 g/mol. The molecule has 0 aromatic heterocycles. The smallest absolute Gasteiger partial charge is 0.0647 e.